The zero-order chi connectivity index (χ0) is 19.8. The molecular weight excluding hydrogens is 403 g/mol. The maximum absolute atomic E-state index is 6.53. The third-order valence-corrected chi connectivity index (χ3v) is 6.02. The van der Waals surface area contributed by atoms with E-state index < -0.39 is 0 Å². The third-order valence-electron chi connectivity index (χ3n) is 5.47. The fourth-order valence-corrected chi connectivity index (χ4v) is 4.47. The largest absolute Gasteiger partial charge is 0.307 e. The number of benzene rings is 2. The Hall–Kier alpha value is -2.43. The van der Waals surface area contributed by atoms with Crippen LogP contribution in [-0.4, -0.2) is 19.5 Å². The maximum atomic E-state index is 6.53. The average molecular weight is 423 g/mol. The van der Waals surface area contributed by atoms with E-state index in [9.17, 15) is 0 Å². The quantitative estimate of drug-likeness (QED) is 0.338. The van der Waals surface area contributed by atoms with E-state index in [2.05, 4.69) is 10.6 Å². The first-order valence-corrected chi connectivity index (χ1v) is 10.7. The van der Waals surface area contributed by atoms with Crippen LogP contribution in [0, 0.1) is 0 Å². The lowest BCUT2D eigenvalue weighted by Gasteiger charge is -2.15. The predicted molar refractivity (Wildman–Crippen MR) is 119 cm³/mol. The van der Waals surface area contributed by atoms with Crippen molar-refractivity contribution in [2.24, 2.45) is 0 Å². The summed E-state index contributed by atoms with van der Waals surface area (Å²) in [5.74, 6) is 0.786. The van der Waals surface area contributed by atoms with E-state index in [1.807, 2.05) is 36.4 Å². The van der Waals surface area contributed by atoms with Crippen LogP contribution < -0.4 is 0 Å². The number of aromatic nitrogens is 4. The lowest BCUT2D eigenvalue weighted by molar-refractivity contribution is 0.634. The van der Waals surface area contributed by atoms with Gasteiger partial charge in [-0.25, -0.2) is 15.0 Å². The molecule has 0 bridgehead atoms. The number of halogens is 2. The van der Waals surface area contributed by atoms with E-state index in [1.165, 1.54) is 31.3 Å². The topological polar surface area (TPSA) is 43.6 Å². The number of para-hydroxylation sites is 2. The molecule has 0 amide bonds. The van der Waals surface area contributed by atoms with Crippen molar-refractivity contribution in [3.05, 3.63) is 64.2 Å². The molecule has 4 aromatic rings. The molecule has 0 unspecified atom stereocenters. The van der Waals surface area contributed by atoms with Crippen LogP contribution >= 0.6 is 23.2 Å². The summed E-state index contributed by atoms with van der Waals surface area (Å²) in [5.41, 5.74) is 5.50. The summed E-state index contributed by atoms with van der Waals surface area (Å²) in [5, 5.41) is 1.19. The van der Waals surface area contributed by atoms with Crippen molar-refractivity contribution in [3.63, 3.8) is 0 Å². The smallest absolute Gasteiger partial charge is 0.198 e. The number of rotatable bonds is 4. The molecule has 0 atom stereocenters. The lowest BCUT2D eigenvalue weighted by Crippen LogP contribution is -2.05. The number of imidazole rings is 1. The highest BCUT2D eigenvalue weighted by molar-refractivity contribution is 6.36. The van der Waals surface area contributed by atoms with Crippen LogP contribution in [0.25, 0.3) is 33.7 Å². The fraction of sp³-hybridized carbons (Fsp3) is 0.261. The minimum Gasteiger partial charge on any atom is -0.307 e. The molecule has 4 nitrogen and oxygen atoms in total. The summed E-state index contributed by atoms with van der Waals surface area (Å²) < 4.78 is 2.15. The molecule has 0 saturated carbocycles. The monoisotopic (exact) mass is 422 g/mol. The Morgan fingerprint density at radius 1 is 0.931 bits per heavy atom. The van der Waals surface area contributed by atoms with Gasteiger partial charge in [0.15, 0.2) is 11.3 Å². The number of fused-ring (bicyclic) bond motifs is 2. The van der Waals surface area contributed by atoms with E-state index in [1.54, 1.807) is 6.07 Å². The van der Waals surface area contributed by atoms with Crippen LogP contribution in [0.1, 0.15) is 32.1 Å². The van der Waals surface area contributed by atoms with E-state index in [0.717, 1.165) is 41.0 Å². The highest BCUT2D eigenvalue weighted by Crippen LogP contribution is 2.33. The van der Waals surface area contributed by atoms with Gasteiger partial charge in [-0.2, -0.15) is 0 Å². The zero-order valence-corrected chi connectivity index (χ0v) is 17.4. The minimum absolute atomic E-state index is 0.579. The van der Waals surface area contributed by atoms with Gasteiger partial charge >= 0.3 is 0 Å². The van der Waals surface area contributed by atoms with Gasteiger partial charge in [0.25, 0.3) is 0 Å². The summed E-state index contributed by atoms with van der Waals surface area (Å²) in [6.45, 7) is 0.795. The first-order valence-electron chi connectivity index (χ1n) is 9.95. The molecule has 146 valence electrons. The number of hydrogen-bond donors (Lipinski definition) is 0. The molecule has 2 heterocycles. The normalized spacial score (nSPS) is 14.5. The van der Waals surface area contributed by atoms with Gasteiger partial charge in [0, 0.05) is 17.1 Å². The van der Waals surface area contributed by atoms with Crippen molar-refractivity contribution in [2.75, 3.05) is 0 Å². The molecule has 2 aromatic carbocycles. The molecule has 0 saturated heterocycles. The van der Waals surface area contributed by atoms with Crippen molar-refractivity contribution < 1.29 is 0 Å². The summed E-state index contributed by atoms with van der Waals surface area (Å²) in [6.07, 6.45) is 8.30. The SMILES string of the molecule is Clc1ccc(-c2nc3nc4ccccc4nc3n2CCC2=CCCCC2)c(Cl)c1. The summed E-state index contributed by atoms with van der Waals surface area (Å²) in [6, 6.07) is 13.4. The van der Waals surface area contributed by atoms with Crippen LogP contribution in [0.2, 0.25) is 10.0 Å². The van der Waals surface area contributed by atoms with Gasteiger partial charge in [-0.15, -0.1) is 0 Å². The predicted octanol–water partition coefficient (Wildman–Crippen LogP) is 6.84. The van der Waals surface area contributed by atoms with Crippen LogP contribution in [-0.2, 0) is 6.54 Å². The first-order chi connectivity index (χ1) is 14.2. The van der Waals surface area contributed by atoms with Crippen molar-refractivity contribution in [3.8, 4) is 11.4 Å². The van der Waals surface area contributed by atoms with Gasteiger partial charge in [-0.3, -0.25) is 0 Å². The highest BCUT2D eigenvalue weighted by Gasteiger charge is 2.18. The molecule has 6 heteroatoms. The molecule has 0 fully saturated rings. The van der Waals surface area contributed by atoms with Gasteiger partial charge in [0.05, 0.1) is 16.1 Å². The maximum Gasteiger partial charge on any atom is 0.198 e. The van der Waals surface area contributed by atoms with E-state index in [-0.39, 0.29) is 0 Å². The Morgan fingerprint density at radius 2 is 1.76 bits per heavy atom. The zero-order valence-electron chi connectivity index (χ0n) is 15.9. The molecule has 2 aromatic heterocycles. The van der Waals surface area contributed by atoms with Crippen LogP contribution in [0.15, 0.2) is 54.1 Å². The van der Waals surface area contributed by atoms with Gasteiger partial charge in [-0.05, 0) is 62.4 Å². The number of hydrogen-bond acceptors (Lipinski definition) is 3. The van der Waals surface area contributed by atoms with E-state index in [4.69, 9.17) is 38.2 Å². The molecule has 0 N–H and O–H groups in total. The molecule has 0 spiro atoms. The second-order valence-electron chi connectivity index (χ2n) is 7.43. The average Bonchev–Trinajstić information content (AvgIpc) is 3.08. The number of allylic oxidation sites excluding steroid dienone is 2. The van der Waals surface area contributed by atoms with Gasteiger partial charge in [0.2, 0.25) is 0 Å². The molecule has 0 aliphatic heterocycles. The summed E-state index contributed by atoms with van der Waals surface area (Å²) >= 11 is 12.6. The highest BCUT2D eigenvalue weighted by atomic mass is 35.5. The molecule has 29 heavy (non-hydrogen) atoms. The second-order valence-corrected chi connectivity index (χ2v) is 8.27. The Kier molecular flexibility index (Phi) is 4.98. The Balaban J connectivity index is 1.67. The van der Waals surface area contributed by atoms with Gasteiger partial charge < -0.3 is 4.57 Å². The van der Waals surface area contributed by atoms with Crippen molar-refractivity contribution in [1.82, 2.24) is 19.5 Å². The Labute approximate surface area is 179 Å². The molecule has 0 radical (unpaired) electrons. The van der Waals surface area contributed by atoms with Crippen molar-refractivity contribution >= 4 is 45.5 Å². The Bertz CT molecular complexity index is 1240. The standard InChI is InChI=1S/C23H20Cl2N4/c24-16-10-11-17(18(25)14-16)22-28-21-23(27-20-9-5-4-8-19(20)26-21)29(22)13-12-15-6-2-1-3-7-15/h4-6,8-11,14H,1-3,7,12-13H2. The van der Waals surface area contributed by atoms with Crippen LogP contribution in [0.3, 0.4) is 0 Å². The van der Waals surface area contributed by atoms with Crippen molar-refractivity contribution in [1.29, 1.82) is 0 Å². The van der Waals surface area contributed by atoms with Crippen molar-refractivity contribution in [2.45, 2.75) is 38.6 Å². The van der Waals surface area contributed by atoms with Gasteiger partial charge in [0.1, 0.15) is 5.82 Å². The second kappa shape index (κ2) is 7.77. The third kappa shape index (κ3) is 3.63. The number of nitrogens with zero attached hydrogens (tertiary/aromatic N) is 4. The number of aryl methyl sites for hydroxylation is 1. The molecule has 1 aliphatic rings. The lowest BCUT2D eigenvalue weighted by atomic mass is 9.97. The van der Waals surface area contributed by atoms with Gasteiger partial charge in [-0.1, -0.05) is 47.0 Å². The minimum atomic E-state index is 0.579. The summed E-state index contributed by atoms with van der Waals surface area (Å²) in [4.78, 5) is 14.5. The van der Waals surface area contributed by atoms with Crippen LogP contribution in [0.4, 0.5) is 0 Å². The van der Waals surface area contributed by atoms with E-state index in [0.29, 0.717) is 15.7 Å². The fourth-order valence-electron chi connectivity index (χ4n) is 3.97. The molecular formula is C23H20Cl2N4. The molecule has 5 rings (SSSR count). The van der Waals surface area contributed by atoms with Crippen LogP contribution in [0.5, 0.6) is 0 Å². The summed E-state index contributed by atoms with van der Waals surface area (Å²) in [7, 11) is 0. The Morgan fingerprint density at radius 3 is 2.52 bits per heavy atom. The molecule has 1 aliphatic carbocycles. The first kappa shape index (κ1) is 18.6. The van der Waals surface area contributed by atoms with E-state index >= 15 is 0 Å².